The van der Waals surface area contributed by atoms with Crippen LogP contribution >= 0.6 is 0 Å². The van der Waals surface area contributed by atoms with Crippen LogP contribution < -0.4 is 31.9 Å². The highest BCUT2D eigenvalue weighted by Gasteiger charge is 1.94. The van der Waals surface area contributed by atoms with Gasteiger partial charge in [0.15, 0.2) is 0 Å². The van der Waals surface area contributed by atoms with Crippen LogP contribution in [0.2, 0.25) is 0 Å². The van der Waals surface area contributed by atoms with Crippen LogP contribution in [-0.2, 0) is 14.2 Å². The van der Waals surface area contributed by atoms with Crippen molar-refractivity contribution >= 4 is 0 Å². The van der Waals surface area contributed by atoms with E-state index < -0.39 is 0 Å². The Bertz CT molecular complexity index is 161. The topological polar surface area (TPSA) is 99.9 Å². The summed E-state index contributed by atoms with van der Waals surface area (Å²) in [5, 5.41) is 20.2. The van der Waals surface area contributed by atoms with Crippen molar-refractivity contribution < 1.29 is 14.2 Å². The van der Waals surface area contributed by atoms with Crippen LogP contribution in [0.4, 0.5) is 0 Å². The van der Waals surface area contributed by atoms with Crippen molar-refractivity contribution in [1.82, 2.24) is 31.9 Å². The van der Waals surface area contributed by atoms with Gasteiger partial charge in [0.1, 0.15) is 0 Å². The molecule has 1 fully saturated rings. The number of hydrogen-bond donors (Lipinski definition) is 6. The molecule has 0 aromatic rings. The van der Waals surface area contributed by atoms with Gasteiger partial charge in [0.05, 0.1) is 39.6 Å². The predicted molar refractivity (Wildman–Crippen MR) is 110 cm³/mol. The molecule has 0 atom stereocenters. The maximum absolute atomic E-state index is 5.59. The third-order valence-corrected chi connectivity index (χ3v) is 3.97. The number of hydrogen-bond acceptors (Lipinski definition) is 9. The minimum atomic E-state index is 0.752. The summed E-state index contributed by atoms with van der Waals surface area (Å²) in [6.07, 6.45) is 0. The SMILES string of the molecule is C1CNCCOCCNCCNCCOCCNCCNCCOCCN1. The lowest BCUT2D eigenvalue weighted by Gasteiger charge is -2.09. The van der Waals surface area contributed by atoms with E-state index in [1.54, 1.807) is 0 Å². The van der Waals surface area contributed by atoms with Crippen LogP contribution in [-0.4, -0.2) is 118 Å². The van der Waals surface area contributed by atoms with E-state index in [2.05, 4.69) is 31.9 Å². The van der Waals surface area contributed by atoms with Crippen LogP contribution in [0, 0.1) is 0 Å². The Hall–Kier alpha value is -0.360. The maximum Gasteiger partial charge on any atom is 0.0591 e. The third kappa shape index (κ3) is 20.2. The fourth-order valence-corrected chi connectivity index (χ4v) is 2.45. The molecule has 0 bridgehead atoms. The van der Waals surface area contributed by atoms with Crippen LogP contribution in [0.5, 0.6) is 0 Å². The lowest BCUT2D eigenvalue weighted by atomic mass is 10.5. The van der Waals surface area contributed by atoms with Crippen LogP contribution in [0.25, 0.3) is 0 Å². The van der Waals surface area contributed by atoms with E-state index >= 15 is 0 Å². The van der Waals surface area contributed by atoms with E-state index in [1.807, 2.05) is 0 Å². The van der Waals surface area contributed by atoms with E-state index in [9.17, 15) is 0 Å². The maximum atomic E-state index is 5.59. The van der Waals surface area contributed by atoms with Crippen LogP contribution in [0.3, 0.4) is 0 Å². The van der Waals surface area contributed by atoms with E-state index in [0.717, 1.165) is 118 Å². The average molecular weight is 391 g/mol. The summed E-state index contributed by atoms with van der Waals surface area (Å²) in [5.41, 5.74) is 0. The molecular formula is C18H42N6O3. The Morgan fingerprint density at radius 2 is 0.444 bits per heavy atom. The molecule has 0 amide bonds. The normalized spacial score (nSPS) is 24.0. The van der Waals surface area contributed by atoms with Gasteiger partial charge in [0.2, 0.25) is 0 Å². The molecule has 0 spiro atoms. The molecule has 0 aromatic carbocycles. The number of ether oxygens (including phenoxy) is 3. The summed E-state index contributed by atoms with van der Waals surface area (Å²) < 4.78 is 16.8. The Balaban J connectivity index is 2.00. The van der Waals surface area contributed by atoms with Gasteiger partial charge in [-0.1, -0.05) is 0 Å². The largest absolute Gasteiger partial charge is 0.379 e. The second-order valence-corrected chi connectivity index (χ2v) is 6.34. The molecule has 0 radical (unpaired) electrons. The fourth-order valence-electron chi connectivity index (χ4n) is 2.45. The Morgan fingerprint density at radius 3 is 0.630 bits per heavy atom. The number of nitrogens with one attached hydrogen (secondary N) is 6. The highest BCUT2D eigenvalue weighted by atomic mass is 16.5. The molecule has 9 heteroatoms. The molecule has 1 heterocycles. The minimum Gasteiger partial charge on any atom is -0.379 e. The van der Waals surface area contributed by atoms with Gasteiger partial charge in [-0.2, -0.15) is 0 Å². The van der Waals surface area contributed by atoms with Gasteiger partial charge in [-0.05, 0) is 0 Å². The van der Waals surface area contributed by atoms with E-state index in [0.29, 0.717) is 0 Å². The quantitative estimate of drug-likeness (QED) is 0.270. The second kappa shape index (κ2) is 21.9. The fraction of sp³-hybridized carbons (Fsp3) is 1.00. The Kier molecular flexibility index (Phi) is 20.0. The zero-order valence-corrected chi connectivity index (χ0v) is 17.0. The summed E-state index contributed by atoms with van der Waals surface area (Å²) in [4.78, 5) is 0. The second-order valence-electron chi connectivity index (χ2n) is 6.34. The van der Waals surface area contributed by atoms with Crippen molar-refractivity contribution in [3.63, 3.8) is 0 Å². The Labute approximate surface area is 165 Å². The lowest BCUT2D eigenvalue weighted by molar-refractivity contribution is 0.135. The van der Waals surface area contributed by atoms with Gasteiger partial charge in [0, 0.05) is 78.5 Å². The zero-order valence-electron chi connectivity index (χ0n) is 17.0. The van der Waals surface area contributed by atoms with Gasteiger partial charge in [0.25, 0.3) is 0 Å². The molecule has 1 aliphatic heterocycles. The van der Waals surface area contributed by atoms with Gasteiger partial charge in [-0.15, -0.1) is 0 Å². The van der Waals surface area contributed by atoms with Gasteiger partial charge < -0.3 is 46.1 Å². The van der Waals surface area contributed by atoms with Crippen molar-refractivity contribution in [2.45, 2.75) is 0 Å². The van der Waals surface area contributed by atoms with Crippen LogP contribution in [0.15, 0.2) is 0 Å². The molecule has 27 heavy (non-hydrogen) atoms. The lowest BCUT2D eigenvalue weighted by Crippen LogP contribution is -2.33. The Morgan fingerprint density at radius 1 is 0.259 bits per heavy atom. The van der Waals surface area contributed by atoms with E-state index in [-0.39, 0.29) is 0 Å². The first kappa shape index (κ1) is 24.7. The molecular weight excluding hydrogens is 348 g/mol. The molecule has 9 nitrogen and oxygen atoms in total. The third-order valence-electron chi connectivity index (χ3n) is 3.97. The van der Waals surface area contributed by atoms with Crippen molar-refractivity contribution in [2.24, 2.45) is 0 Å². The first-order valence-corrected chi connectivity index (χ1v) is 10.5. The average Bonchev–Trinajstić information content (AvgIpc) is 2.68. The van der Waals surface area contributed by atoms with Crippen LogP contribution in [0.1, 0.15) is 0 Å². The molecule has 162 valence electrons. The van der Waals surface area contributed by atoms with E-state index in [4.69, 9.17) is 14.2 Å². The summed E-state index contributed by atoms with van der Waals surface area (Å²) in [7, 11) is 0. The smallest absolute Gasteiger partial charge is 0.0591 e. The van der Waals surface area contributed by atoms with Gasteiger partial charge in [-0.25, -0.2) is 0 Å². The minimum absolute atomic E-state index is 0.752. The monoisotopic (exact) mass is 390 g/mol. The first-order valence-electron chi connectivity index (χ1n) is 10.5. The molecule has 0 aliphatic carbocycles. The summed E-state index contributed by atoms with van der Waals surface area (Å²) in [5.74, 6) is 0. The number of rotatable bonds is 0. The first-order chi connectivity index (χ1) is 13.5. The molecule has 0 saturated carbocycles. The van der Waals surface area contributed by atoms with E-state index in [1.165, 1.54) is 0 Å². The summed E-state index contributed by atoms with van der Waals surface area (Å²) in [6, 6.07) is 0. The van der Waals surface area contributed by atoms with Crippen molar-refractivity contribution in [1.29, 1.82) is 0 Å². The standard InChI is InChI=1S/C18H42N6O3/c1-2-20-8-14-26-16-10-22-5-6-24-12-18-27-17-11-23-4-3-21-9-15-25-13-7-19-1/h19-24H,1-18H2. The van der Waals surface area contributed by atoms with Crippen molar-refractivity contribution in [2.75, 3.05) is 118 Å². The molecule has 6 N–H and O–H groups in total. The molecule has 0 unspecified atom stereocenters. The summed E-state index contributed by atoms with van der Waals surface area (Å²) in [6.45, 7) is 15.5. The molecule has 0 aromatic heterocycles. The van der Waals surface area contributed by atoms with Crippen molar-refractivity contribution in [3.8, 4) is 0 Å². The van der Waals surface area contributed by atoms with Gasteiger partial charge >= 0.3 is 0 Å². The zero-order chi connectivity index (χ0) is 19.1. The summed E-state index contributed by atoms with van der Waals surface area (Å²) >= 11 is 0. The van der Waals surface area contributed by atoms with Crippen molar-refractivity contribution in [3.05, 3.63) is 0 Å². The molecule has 1 saturated heterocycles. The molecule has 1 aliphatic rings. The highest BCUT2D eigenvalue weighted by Crippen LogP contribution is 1.76. The predicted octanol–water partition coefficient (Wildman–Crippen LogP) is -2.41. The van der Waals surface area contributed by atoms with Gasteiger partial charge in [-0.3, -0.25) is 0 Å². The molecule has 1 rings (SSSR count). The highest BCUT2D eigenvalue weighted by molar-refractivity contribution is 4.55.